The van der Waals surface area contributed by atoms with E-state index in [0.29, 0.717) is 32.1 Å². The first-order valence-corrected chi connectivity index (χ1v) is 15.5. The second-order valence-corrected chi connectivity index (χ2v) is 14.9. The molecule has 3 aromatic rings. The lowest BCUT2D eigenvalue weighted by molar-refractivity contribution is 0.101. The topological polar surface area (TPSA) is 146 Å². The molecule has 0 unspecified atom stereocenters. The van der Waals surface area contributed by atoms with Crippen molar-refractivity contribution in [3.63, 3.8) is 0 Å². The number of carbonyl (C=O) groups is 1. The number of rotatable bonds is 6. The van der Waals surface area contributed by atoms with Gasteiger partial charge in [-0.15, -0.1) is 4.72 Å². The Morgan fingerprint density at radius 3 is 2.58 bits per heavy atom. The molecule has 1 spiro atoms. The van der Waals surface area contributed by atoms with Crippen LogP contribution in [0, 0.1) is 5.41 Å². The third kappa shape index (κ3) is 5.62. The maximum absolute atomic E-state index is 13.3. The zero-order valence-electron chi connectivity index (χ0n) is 23.0. The van der Waals surface area contributed by atoms with Crippen LogP contribution >= 0.6 is 23.4 Å². The summed E-state index contributed by atoms with van der Waals surface area (Å²) in [6, 6.07) is 7.60. The van der Waals surface area contributed by atoms with Gasteiger partial charge in [0.2, 0.25) is 0 Å². The van der Waals surface area contributed by atoms with Crippen LogP contribution in [-0.2, 0) is 17.8 Å². The predicted molar refractivity (Wildman–Crippen MR) is 162 cm³/mol. The Bertz CT molecular complexity index is 1440. The lowest BCUT2D eigenvalue weighted by Crippen LogP contribution is -2.50. The Balaban J connectivity index is 1.35. The number of anilines is 3. The largest absolute Gasteiger partial charge is 0.598 e. The summed E-state index contributed by atoms with van der Waals surface area (Å²) in [6.45, 7) is 8.99. The van der Waals surface area contributed by atoms with Gasteiger partial charge in [0.05, 0.1) is 17.3 Å². The molecule has 1 aliphatic heterocycles. The zero-order chi connectivity index (χ0) is 28.8. The van der Waals surface area contributed by atoms with E-state index in [1.165, 1.54) is 17.3 Å². The molecule has 1 fully saturated rings. The third-order valence-corrected chi connectivity index (χ3v) is 10.9. The number of nitrogens with two attached hydrogens (primary N) is 2. The van der Waals surface area contributed by atoms with Gasteiger partial charge >= 0.3 is 0 Å². The molecule has 12 heteroatoms. The quantitative estimate of drug-likeness (QED) is 0.262. The summed E-state index contributed by atoms with van der Waals surface area (Å²) in [7, 11) is 0. The van der Waals surface area contributed by atoms with Crippen molar-refractivity contribution >= 4 is 58.0 Å². The highest BCUT2D eigenvalue weighted by molar-refractivity contribution is 7.99. The molecule has 0 bridgehead atoms. The summed E-state index contributed by atoms with van der Waals surface area (Å²) in [5.74, 6) is 1.32. The predicted octanol–water partition coefficient (Wildman–Crippen LogP) is 4.98. The summed E-state index contributed by atoms with van der Waals surface area (Å²) in [5.41, 5.74) is 15.0. The maximum Gasteiger partial charge on any atom is 0.159 e. The van der Waals surface area contributed by atoms with E-state index in [0.717, 1.165) is 37.9 Å². The normalized spacial score (nSPS) is 19.1. The van der Waals surface area contributed by atoms with Crippen LogP contribution in [-0.4, -0.2) is 43.1 Å². The number of ketones is 1. The highest BCUT2D eigenvalue weighted by Crippen LogP contribution is 2.53. The van der Waals surface area contributed by atoms with Crippen LogP contribution in [0.1, 0.15) is 68.1 Å². The second-order valence-electron chi connectivity index (χ2n) is 11.5. The number of nitrogens with one attached hydrogen (secondary N) is 1. The van der Waals surface area contributed by atoms with E-state index in [9.17, 15) is 9.35 Å². The van der Waals surface area contributed by atoms with Crippen molar-refractivity contribution in [2.75, 3.05) is 29.5 Å². The Labute approximate surface area is 247 Å². The fraction of sp³-hybridized carbons (Fsp3) is 0.429. The number of hydrogen-bond donors (Lipinski definition) is 3. The number of aromatic nitrogens is 3. The number of Topliss-reactive ketones (excluding diaryl/α,β-unsaturated/α-hetero) is 1. The van der Waals surface area contributed by atoms with E-state index in [2.05, 4.69) is 30.6 Å². The molecule has 0 amide bonds. The molecule has 2 aliphatic rings. The monoisotopic (exact) mass is 599 g/mol. The number of piperidine rings is 1. The van der Waals surface area contributed by atoms with E-state index < -0.39 is 16.1 Å². The van der Waals surface area contributed by atoms with Gasteiger partial charge in [-0.1, -0.05) is 35.5 Å². The minimum atomic E-state index is -1.26. The van der Waals surface area contributed by atoms with Crippen LogP contribution in [0.4, 0.5) is 17.5 Å². The molecule has 5 N–H and O–H groups in total. The molecule has 212 valence electrons. The van der Waals surface area contributed by atoms with Crippen LogP contribution < -0.4 is 21.1 Å². The number of pyridine rings is 1. The molecule has 40 heavy (non-hydrogen) atoms. The molecule has 2 atom stereocenters. The highest BCUT2D eigenvalue weighted by Gasteiger charge is 2.50. The Morgan fingerprint density at radius 1 is 1.20 bits per heavy atom. The van der Waals surface area contributed by atoms with Crippen molar-refractivity contribution in [3.8, 4) is 0 Å². The van der Waals surface area contributed by atoms with E-state index in [-0.39, 0.29) is 23.1 Å². The minimum Gasteiger partial charge on any atom is -0.598 e. The van der Waals surface area contributed by atoms with Gasteiger partial charge in [0, 0.05) is 46.5 Å². The highest BCUT2D eigenvalue weighted by atomic mass is 35.5. The van der Waals surface area contributed by atoms with E-state index in [1.807, 2.05) is 32.9 Å². The van der Waals surface area contributed by atoms with Crippen LogP contribution in [0.3, 0.4) is 0 Å². The number of fused-ring (bicyclic) bond motifs is 1. The van der Waals surface area contributed by atoms with Crippen molar-refractivity contribution in [1.82, 2.24) is 19.7 Å². The Kier molecular flexibility index (Phi) is 7.97. The van der Waals surface area contributed by atoms with Crippen molar-refractivity contribution in [1.29, 1.82) is 0 Å². The van der Waals surface area contributed by atoms with Crippen LogP contribution in [0.15, 0.2) is 46.6 Å². The summed E-state index contributed by atoms with van der Waals surface area (Å²) in [6.07, 6.45) is 5.92. The molecule has 5 rings (SSSR count). The summed E-state index contributed by atoms with van der Waals surface area (Å²) < 4.78 is 16.3. The molecule has 0 saturated carbocycles. The minimum absolute atomic E-state index is 0.0294. The molecular weight excluding hydrogens is 566 g/mol. The fourth-order valence-corrected chi connectivity index (χ4v) is 7.37. The van der Waals surface area contributed by atoms with E-state index in [4.69, 9.17) is 23.1 Å². The van der Waals surface area contributed by atoms with Gasteiger partial charge in [-0.25, -0.2) is 15.0 Å². The number of nitrogen functional groups attached to an aromatic ring is 2. The zero-order valence-corrected chi connectivity index (χ0v) is 25.4. The Hall–Kier alpha value is -2.57. The molecular formula is C28H34ClN7O2S2. The van der Waals surface area contributed by atoms with Crippen LogP contribution in [0.5, 0.6) is 0 Å². The van der Waals surface area contributed by atoms with Gasteiger partial charge in [0.1, 0.15) is 21.4 Å². The SMILES string of the molecule is CC(=O)c1ccc2c(c1)[C@@H](N[S@+]([O-])C(C)(C)C)C1(CCN(c3cnc(Sc4ccnc(N)c4Cl)c(N)n3)CC1)C2. The molecule has 9 nitrogen and oxygen atoms in total. The molecule has 1 aliphatic carbocycles. The number of benzene rings is 1. The second kappa shape index (κ2) is 11.0. The van der Waals surface area contributed by atoms with E-state index >= 15 is 0 Å². The molecule has 1 saturated heterocycles. The first-order chi connectivity index (χ1) is 18.9. The molecule has 0 radical (unpaired) electrons. The third-order valence-electron chi connectivity index (χ3n) is 7.72. The number of hydrogen-bond acceptors (Lipinski definition) is 10. The standard InChI is InChI=1S/C28H34ClN7O2S2/c1-16(37)17-5-6-18-14-28(23(19(18)13-17)35-40(38)27(2,3)4)8-11-36(12-9-28)21-15-33-26(25(31)34-21)39-20-7-10-32-24(30)22(20)29/h5-7,10,13,15,23,35H,8-9,11-12,14H2,1-4H3,(H2,30,32)(H2,31,34)/t23-,40-/m1/s1. The average Bonchev–Trinajstić information content (AvgIpc) is 3.19. The van der Waals surface area contributed by atoms with E-state index in [1.54, 1.807) is 25.4 Å². The van der Waals surface area contributed by atoms with Crippen molar-refractivity contribution < 1.29 is 9.35 Å². The summed E-state index contributed by atoms with van der Waals surface area (Å²) in [4.78, 5) is 28.3. The van der Waals surface area contributed by atoms with Gasteiger partial charge in [0.25, 0.3) is 0 Å². The first-order valence-electron chi connectivity index (χ1n) is 13.1. The van der Waals surface area contributed by atoms with Crippen LogP contribution in [0.2, 0.25) is 5.02 Å². The van der Waals surface area contributed by atoms with Crippen molar-refractivity contribution in [2.45, 2.75) is 67.7 Å². The average molecular weight is 600 g/mol. The Morgan fingerprint density at radius 2 is 1.93 bits per heavy atom. The van der Waals surface area contributed by atoms with Gasteiger partial charge in [-0.05, 0) is 70.2 Å². The van der Waals surface area contributed by atoms with Gasteiger partial charge in [-0.3, -0.25) is 4.79 Å². The van der Waals surface area contributed by atoms with Gasteiger partial charge < -0.3 is 20.9 Å². The molecule has 1 aromatic carbocycles. The summed E-state index contributed by atoms with van der Waals surface area (Å²) >= 11 is 6.33. The van der Waals surface area contributed by atoms with Gasteiger partial charge in [0.15, 0.2) is 11.6 Å². The van der Waals surface area contributed by atoms with Crippen molar-refractivity contribution in [3.05, 3.63) is 58.4 Å². The van der Waals surface area contributed by atoms with Gasteiger partial charge in [-0.2, -0.15) is 0 Å². The maximum atomic E-state index is 13.3. The fourth-order valence-electron chi connectivity index (χ4n) is 5.41. The van der Waals surface area contributed by atoms with Crippen molar-refractivity contribution in [2.24, 2.45) is 5.41 Å². The lowest BCUT2D eigenvalue weighted by atomic mass is 9.73. The molecule has 2 aromatic heterocycles. The lowest BCUT2D eigenvalue weighted by Gasteiger charge is -2.44. The number of nitrogens with zero attached hydrogens (tertiary/aromatic N) is 4. The summed E-state index contributed by atoms with van der Waals surface area (Å²) in [5, 5.41) is 0.911. The first kappa shape index (κ1) is 28.9. The molecule has 3 heterocycles. The smallest absolute Gasteiger partial charge is 0.159 e. The number of halogens is 1. The van der Waals surface area contributed by atoms with Crippen LogP contribution in [0.25, 0.3) is 0 Å². The number of carbonyl (C=O) groups excluding carboxylic acids is 1.